The number of pyridine rings is 1. The Kier molecular flexibility index (Phi) is 15.9. The van der Waals surface area contributed by atoms with Gasteiger partial charge in [-0.2, -0.15) is 11.8 Å². The van der Waals surface area contributed by atoms with Gasteiger partial charge in [-0.3, -0.25) is 5.41 Å². The highest BCUT2D eigenvalue weighted by Gasteiger charge is 2.10. The quantitative estimate of drug-likeness (QED) is 0.0507. The summed E-state index contributed by atoms with van der Waals surface area (Å²) < 4.78 is 5.30. The van der Waals surface area contributed by atoms with E-state index in [0.717, 1.165) is 74.5 Å². The molecule has 0 saturated heterocycles. The van der Waals surface area contributed by atoms with Gasteiger partial charge in [0.15, 0.2) is 16.2 Å². The maximum atomic E-state index is 7.26. The first-order chi connectivity index (χ1) is 20.9. The number of anilines is 2. The molecule has 0 amide bonds. The summed E-state index contributed by atoms with van der Waals surface area (Å²) in [5, 5.41) is 19.9. The average Bonchev–Trinajstić information content (AvgIpc) is 3.45. The van der Waals surface area contributed by atoms with Gasteiger partial charge >= 0.3 is 0 Å². The van der Waals surface area contributed by atoms with Gasteiger partial charge in [-0.25, -0.2) is 9.97 Å². The molecule has 0 aliphatic heterocycles. The van der Waals surface area contributed by atoms with Crippen LogP contribution >= 0.6 is 35.3 Å². The lowest BCUT2D eigenvalue weighted by molar-refractivity contribution is 0.328. The smallest absolute Gasteiger partial charge is 0.192 e. The largest absolute Gasteiger partial charge is 0.497 e. The molecule has 0 saturated carbocycles. The number of thioether (sulfide) groups is 1. The summed E-state index contributed by atoms with van der Waals surface area (Å²) in [7, 11) is 3.90. The molecule has 2 heterocycles. The highest BCUT2D eigenvalue weighted by Crippen LogP contribution is 2.19. The van der Waals surface area contributed by atoms with E-state index >= 15 is 0 Å². The van der Waals surface area contributed by atoms with E-state index in [2.05, 4.69) is 61.0 Å². The summed E-state index contributed by atoms with van der Waals surface area (Å²) in [5.41, 5.74) is 7.56. The summed E-state index contributed by atoms with van der Waals surface area (Å²) in [6.07, 6.45) is 6.54. The molecule has 0 atom stereocenters. The predicted molar refractivity (Wildman–Crippen MR) is 187 cm³/mol. The molecule has 0 bridgehead atoms. The number of aromatic nitrogens is 2. The molecule has 0 unspecified atom stereocenters. The van der Waals surface area contributed by atoms with Crippen molar-refractivity contribution >= 4 is 57.3 Å². The number of unbranched alkanes of at least 4 members (excludes halogenated alkanes) is 3. The van der Waals surface area contributed by atoms with Crippen molar-refractivity contribution in [3.05, 3.63) is 65.3 Å². The van der Waals surface area contributed by atoms with E-state index in [0.29, 0.717) is 10.2 Å². The Bertz CT molecular complexity index is 1210. The molecule has 43 heavy (non-hydrogen) atoms. The van der Waals surface area contributed by atoms with Crippen molar-refractivity contribution in [2.45, 2.75) is 38.0 Å². The number of guanidine groups is 1. The van der Waals surface area contributed by atoms with E-state index in [1.807, 2.05) is 35.8 Å². The highest BCUT2D eigenvalue weighted by molar-refractivity contribution is 7.98. The van der Waals surface area contributed by atoms with Crippen LogP contribution in [0.1, 0.15) is 36.9 Å². The zero-order valence-corrected chi connectivity index (χ0v) is 27.6. The van der Waals surface area contributed by atoms with Gasteiger partial charge in [-0.1, -0.05) is 31.0 Å². The number of methoxy groups -OCH3 is 1. The summed E-state index contributed by atoms with van der Waals surface area (Å²) in [6.45, 7) is 5.49. The predicted octanol–water partition coefficient (Wildman–Crippen LogP) is 4.75. The lowest BCUT2D eigenvalue weighted by atomic mass is 10.2. The number of nitrogens with two attached hydrogens (primary N) is 1. The minimum atomic E-state index is -0.0938. The molecular weight excluding hydrogens is 599 g/mol. The Morgan fingerprint density at radius 1 is 1.05 bits per heavy atom. The first-order valence-electron chi connectivity index (χ1n) is 14.6. The van der Waals surface area contributed by atoms with E-state index < -0.39 is 0 Å². The fourth-order valence-corrected chi connectivity index (χ4v) is 6.03. The molecule has 0 radical (unpaired) electrons. The van der Waals surface area contributed by atoms with Crippen LogP contribution in [0.15, 0.2) is 54.0 Å². The number of rotatable bonds is 20. The normalized spacial score (nSPS) is 10.9. The number of hydrogen-bond acceptors (Lipinski definition) is 9. The van der Waals surface area contributed by atoms with E-state index in [9.17, 15) is 0 Å². The van der Waals surface area contributed by atoms with Gasteiger partial charge in [0.25, 0.3) is 0 Å². The summed E-state index contributed by atoms with van der Waals surface area (Å²) in [5.74, 6) is 3.53. The summed E-state index contributed by atoms with van der Waals surface area (Å²) in [6, 6.07) is 14.3. The van der Waals surface area contributed by atoms with Crippen LogP contribution in [-0.2, 0) is 12.3 Å². The Morgan fingerprint density at radius 3 is 2.58 bits per heavy atom. The lowest BCUT2D eigenvalue weighted by Crippen LogP contribution is -2.36. The number of nitrogens with one attached hydrogen (secondary N) is 4. The van der Waals surface area contributed by atoms with E-state index in [-0.39, 0.29) is 5.96 Å². The van der Waals surface area contributed by atoms with Crippen molar-refractivity contribution in [2.75, 3.05) is 62.9 Å². The number of nitrogens with zero attached hydrogens (tertiary/aromatic N) is 4. The first-order valence-corrected chi connectivity index (χ1v) is 17.0. The molecule has 234 valence electrons. The molecule has 0 spiro atoms. The van der Waals surface area contributed by atoms with Crippen molar-refractivity contribution < 1.29 is 4.74 Å². The molecule has 0 fully saturated rings. The standard InChI is InChI=1S/C30H45N9OS3/c1-38(18-19-39(27-9-5-7-14-33-27)21-24-10-12-26(40-2)13-11-24)17-8-4-3-6-15-34-29(41)35-16-20-42-22-25-23-43-30(36-25)37-28(31)32/h5,7,9-14,23H,3-4,6,8,15-22H2,1-2H3,(H2,34,35,41)(H4,31,32,36,37). The van der Waals surface area contributed by atoms with Crippen LogP contribution in [0.5, 0.6) is 5.75 Å². The van der Waals surface area contributed by atoms with Crippen molar-refractivity contribution in [3.63, 3.8) is 0 Å². The Balaban J connectivity index is 1.20. The fourth-order valence-electron chi connectivity index (χ4n) is 4.25. The molecule has 10 nitrogen and oxygen atoms in total. The zero-order chi connectivity index (χ0) is 30.7. The van der Waals surface area contributed by atoms with Crippen LogP contribution in [0.3, 0.4) is 0 Å². The lowest BCUT2D eigenvalue weighted by Gasteiger charge is -2.27. The molecule has 0 aliphatic rings. The molecule has 3 rings (SSSR count). The van der Waals surface area contributed by atoms with Gasteiger partial charge in [0, 0.05) is 55.8 Å². The Morgan fingerprint density at radius 2 is 1.84 bits per heavy atom. The maximum absolute atomic E-state index is 7.26. The molecule has 13 heteroatoms. The number of thiocarbonyl (C=S) groups is 1. The average molecular weight is 644 g/mol. The highest BCUT2D eigenvalue weighted by atomic mass is 32.2. The van der Waals surface area contributed by atoms with E-state index in [1.54, 1.807) is 18.9 Å². The third-order valence-electron chi connectivity index (χ3n) is 6.58. The van der Waals surface area contributed by atoms with Gasteiger partial charge < -0.3 is 36.2 Å². The number of benzene rings is 1. The zero-order valence-electron chi connectivity index (χ0n) is 25.2. The second-order valence-corrected chi connectivity index (χ2v) is 12.5. The van der Waals surface area contributed by atoms with Crippen LogP contribution < -0.4 is 31.3 Å². The van der Waals surface area contributed by atoms with Gasteiger partial charge in [0.05, 0.1) is 12.8 Å². The SMILES string of the molecule is COc1ccc(CN(CCN(C)CCCCCCNC(=S)NCCSCc2csc(NC(=N)N)n2)c2ccccn2)cc1. The number of thiazole rings is 1. The molecule has 1 aromatic carbocycles. The van der Waals surface area contributed by atoms with Crippen LogP contribution in [0.25, 0.3) is 0 Å². The fraction of sp³-hybridized carbons (Fsp3) is 0.467. The summed E-state index contributed by atoms with van der Waals surface area (Å²) in [4.78, 5) is 13.8. The second kappa shape index (κ2) is 19.9. The molecule has 0 aliphatic carbocycles. The van der Waals surface area contributed by atoms with Gasteiger partial charge in [-0.15, -0.1) is 11.3 Å². The minimum absolute atomic E-state index is 0.0938. The van der Waals surface area contributed by atoms with Gasteiger partial charge in [0.1, 0.15) is 11.6 Å². The Hall–Kier alpha value is -3.13. The van der Waals surface area contributed by atoms with Crippen molar-refractivity contribution in [1.29, 1.82) is 5.41 Å². The molecular formula is C30H45N9OS3. The van der Waals surface area contributed by atoms with Crippen molar-refractivity contribution in [2.24, 2.45) is 5.73 Å². The summed E-state index contributed by atoms with van der Waals surface area (Å²) >= 11 is 8.66. The molecule has 2 aromatic heterocycles. The van der Waals surface area contributed by atoms with Crippen LogP contribution in [0, 0.1) is 5.41 Å². The van der Waals surface area contributed by atoms with Crippen LogP contribution in [-0.4, -0.2) is 78.6 Å². The van der Waals surface area contributed by atoms with Crippen molar-refractivity contribution in [1.82, 2.24) is 25.5 Å². The third kappa shape index (κ3) is 14.3. The minimum Gasteiger partial charge on any atom is -0.497 e. The second-order valence-electron chi connectivity index (χ2n) is 10.1. The van der Waals surface area contributed by atoms with Gasteiger partial charge in [-0.05, 0) is 68.5 Å². The Labute approximate surface area is 269 Å². The molecule has 3 aromatic rings. The van der Waals surface area contributed by atoms with E-state index in [4.69, 9.17) is 28.1 Å². The maximum Gasteiger partial charge on any atom is 0.192 e. The monoisotopic (exact) mass is 643 g/mol. The number of ether oxygens (including phenoxy) is 1. The van der Waals surface area contributed by atoms with Gasteiger partial charge in [0.2, 0.25) is 0 Å². The third-order valence-corrected chi connectivity index (χ3v) is 8.67. The van der Waals surface area contributed by atoms with E-state index in [1.165, 1.54) is 36.2 Å². The molecule has 6 N–H and O–H groups in total. The number of hydrogen-bond donors (Lipinski definition) is 5. The van der Waals surface area contributed by atoms with Crippen LogP contribution in [0.4, 0.5) is 10.9 Å². The first kappa shape index (κ1) is 34.4. The van der Waals surface area contributed by atoms with Crippen molar-refractivity contribution in [3.8, 4) is 5.75 Å². The number of likely N-dealkylation sites (N-methyl/N-ethyl adjacent to an activating group) is 1. The van der Waals surface area contributed by atoms with Crippen LogP contribution in [0.2, 0.25) is 0 Å². The topological polar surface area (TPSA) is 127 Å².